The molecule has 72 valence electrons. The summed E-state index contributed by atoms with van der Waals surface area (Å²) in [6.45, 7) is 0. The molecular weight excluding hydrogens is 164 g/mol. The number of ketones is 2. The molecule has 0 aromatic carbocycles. The highest BCUT2D eigenvalue weighted by Crippen LogP contribution is 2.43. The van der Waals surface area contributed by atoms with Crippen LogP contribution in [-0.2, 0) is 9.59 Å². The molecular formula is C11H16O2. The van der Waals surface area contributed by atoms with Crippen molar-refractivity contribution in [1.29, 1.82) is 0 Å². The lowest BCUT2D eigenvalue weighted by molar-refractivity contribution is -0.141. The third-order valence-corrected chi connectivity index (χ3v) is 3.57. The van der Waals surface area contributed by atoms with Crippen molar-refractivity contribution in [3.8, 4) is 0 Å². The van der Waals surface area contributed by atoms with Gasteiger partial charge in [0.05, 0.1) is 0 Å². The van der Waals surface area contributed by atoms with E-state index < -0.39 is 0 Å². The standard InChI is InChI=1S/C11H16O2/c12-9-4-5-10(13)11(8-9)6-2-1-3-7-11/h1-8H2. The fraction of sp³-hybridized carbons (Fsp3) is 0.818. The van der Waals surface area contributed by atoms with Crippen molar-refractivity contribution in [2.75, 3.05) is 0 Å². The van der Waals surface area contributed by atoms with E-state index in [0.29, 0.717) is 30.8 Å². The Morgan fingerprint density at radius 1 is 0.923 bits per heavy atom. The van der Waals surface area contributed by atoms with E-state index in [2.05, 4.69) is 0 Å². The van der Waals surface area contributed by atoms with Gasteiger partial charge in [-0.3, -0.25) is 9.59 Å². The Balaban J connectivity index is 2.16. The van der Waals surface area contributed by atoms with Crippen LogP contribution >= 0.6 is 0 Å². The van der Waals surface area contributed by atoms with Gasteiger partial charge in [-0.05, 0) is 12.8 Å². The summed E-state index contributed by atoms with van der Waals surface area (Å²) in [7, 11) is 0. The van der Waals surface area contributed by atoms with Crippen molar-refractivity contribution in [2.24, 2.45) is 5.41 Å². The molecule has 2 aliphatic carbocycles. The normalized spacial score (nSPS) is 28.0. The number of hydrogen-bond donors (Lipinski definition) is 0. The lowest BCUT2D eigenvalue weighted by Gasteiger charge is -2.37. The lowest BCUT2D eigenvalue weighted by atomic mass is 9.64. The largest absolute Gasteiger partial charge is 0.300 e. The fourth-order valence-electron chi connectivity index (χ4n) is 2.77. The predicted octanol–water partition coefficient (Wildman–Crippen LogP) is 2.26. The first-order valence-electron chi connectivity index (χ1n) is 5.28. The van der Waals surface area contributed by atoms with Crippen LogP contribution in [0.5, 0.6) is 0 Å². The van der Waals surface area contributed by atoms with E-state index in [4.69, 9.17) is 0 Å². The van der Waals surface area contributed by atoms with Crippen LogP contribution in [-0.4, -0.2) is 11.6 Å². The van der Waals surface area contributed by atoms with Gasteiger partial charge in [-0.25, -0.2) is 0 Å². The van der Waals surface area contributed by atoms with Crippen molar-refractivity contribution >= 4 is 11.6 Å². The van der Waals surface area contributed by atoms with E-state index >= 15 is 0 Å². The first-order valence-corrected chi connectivity index (χ1v) is 5.28. The van der Waals surface area contributed by atoms with Gasteiger partial charge in [-0.2, -0.15) is 0 Å². The van der Waals surface area contributed by atoms with Gasteiger partial charge in [0, 0.05) is 24.7 Å². The molecule has 0 radical (unpaired) electrons. The second-order valence-corrected chi connectivity index (χ2v) is 4.48. The van der Waals surface area contributed by atoms with Crippen LogP contribution in [0.15, 0.2) is 0 Å². The molecule has 2 heteroatoms. The smallest absolute Gasteiger partial charge is 0.139 e. The molecule has 0 aromatic heterocycles. The number of hydrogen-bond acceptors (Lipinski definition) is 2. The molecule has 2 saturated carbocycles. The molecule has 2 aliphatic rings. The molecule has 2 rings (SSSR count). The number of Topliss-reactive ketones (excluding diaryl/α,β-unsaturated/α-hetero) is 2. The van der Waals surface area contributed by atoms with Gasteiger partial charge in [0.15, 0.2) is 0 Å². The highest BCUT2D eigenvalue weighted by atomic mass is 16.1. The molecule has 0 heterocycles. The van der Waals surface area contributed by atoms with E-state index in [1.807, 2.05) is 0 Å². The van der Waals surface area contributed by atoms with Gasteiger partial charge in [-0.15, -0.1) is 0 Å². The van der Waals surface area contributed by atoms with Crippen LogP contribution in [0.25, 0.3) is 0 Å². The molecule has 2 nitrogen and oxygen atoms in total. The summed E-state index contributed by atoms with van der Waals surface area (Å²) < 4.78 is 0. The molecule has 0 amide bonds. The fourth-order valence-corrected chi connectivity index (χ4v) is 2.77. The Morgan fingerprint density at radius 2 is 1.62 bits per heavy atom. The highest BCUT2D eigenvalue weighted by molar-refractivity contribution is 5.97. The Hall–Kier alpha value is -0.660. The zero-order valence-corrected chi connectivity index (χ0v) is 7.97. The lowest BCUT2D eigenvalue weighted by Crippen LogP contribution is -2.39. The zero-order valence-electron chi connectivity index (χ0n) is 7.97. The molecule has 2 fully saturated rings. The molecule has 0 aliphatic heterocycles. The second-order valence-electron chi connectivity index (χ2n) is 4.48. The number of rotatable bonds is 0. The molecule has 13 heavy (non-hydrogen) atoms. The second kappa shape index (κ2) is 3.24. The van der Waals surface area contributed by atoms with Crippen LogP contribution in [0.1, 0.15) is 51.4 Å². The topological polar surface area (TPSA) is 34.1 Å². The van der Waals surface area contributed by atoms with Crippen molar-refractivity contribution in [3.05, 3.63) is 0 Å². The molecule has 0 atom stereocenters. The summed E-state index contributed by atoms with van der Waals surface area (Å²) in [5.41, 5.74) is -0.201. The third-order valence-electron chi connectivity index (χ3n) is 3.57. The van der Waals surface area contributed by atoms with Gasteiger partial charge in [0.2, 0.25) is 0 Å². The Kier molecular flexibility index (Phi) is 2.22. The first kappa shape index (κ1) is 8.92. The quantitative estimate of drug-likeness (QED) is 0.573. The number of carbonyl (C=O) groups is 2. The van der Waals surface area contributed by atoms with Crippen molar-refractivity contribution in [2.45, 2.75) is 51.4 Å². The monoisotopic (exact) mass is 180 g/mol. The van der Waals surface area contributed by atoms with E-state index in [9.17, 15) is 9.59 Å². The third kappa shape index (κ3) is 1.54. The van der Waals surface area contributed by atoms with Gasteiger partial charge < -0.3 is 0 Å². The summed E-state index contributed by atoms with van der Waals surface area (Å²) >= 11 is 0. The predicted molar refractivity (Wildman–Crippen MR) is 49.4 cm³/mol. The maximum atomic E-state index is 11.8. The van der Waals surface area contributed by atoms with E-state index in [1.54, 1.807) is 0 Å². The van der Waals surface area contributed by atoms with Gasteiger partial charge in [0.1, 0.15) is 11.6 Å². The Morgan fingerprint density at radius 3 is 2.31 bits per heavy atom. The minimum atomic E-state index is -0.201. The average molecular weight is 180 g/mol. The summed E-state index contributed by atoms with van der Waals surface area (Å²) in [6.07, 6.45) is 7.02. The van der Waals surface area contributed by atoms with E-state index in [0.717, 1.165) is 25.7 Å². The Bertz CT molecular complexity index is 236. The SMILES string of the molecule is O=C1CCC(=O)C2(CCCCC2)C1. The minimum absolute atomic E-state index is 0.201. The number of carbonyl (C=O) groups excluding carboxylic acids is 2. The van der Waals surface area contributed by atoms with Crippen molar-refractivity contribution in [1.82, 2.24) is 0 Å². The van der Waals surface area contributed by atoms with Gasteiger partial charge >= 0.3 is 0 Å². The summed E-state index contributed by atoms with van der Waals surface area (Å²) in [5, 5.41) is 0. The summed E-state index contributed by atoms with van der Waals surface area (Å²) in [5.74, 6) is 0.674. The zero-order chi connectivity index (χ0) is 9.31. The molecule has 0 N–H and O–H groups in total. The molecule has 0 aromatic rings. The van der Waals surface area contributed by atoms with Crippen LogP contribution in [0.2, 0.25) is 0 Å². The van der Waals surface area contributed by atoms with Gasteiger partial charge in [0.25, 0.3) is 0 Å². The van der Waals surface area contributed by atoms with Crippen LogP contribution in [0.4, 0.5) is 0 Å². The van der Waals surface area contributed by atoms with Crippen LogP contribution in [0.3, 0.4) is 0 Å². The molecule has 0 bridgehead atoms. The van der Waals surface area contributed by atoms with Crippen molar-refractivity contribution < 1.29 is 9.59 Å². The van der Waals surface area contributed by atoms with Gasteiger partial charge in [-0.1, -0.05) is 19.3 Å². The highest BCUT2D eigenvalue weighted by Gasteiger charge is 2.43. The summed E-state index contributed by atoms with van der Waals surface area (Å²) in [6, 6.07) is 0. The maximum Gasteiger partial charge on any atom is 0.139 e. The van der Waals surface area contributed by atoms with Crippen LogP contribution < -0.4 is 0 Å². The summed E-state index contributed by atoms with van der Waals surface area (Å²) in [4.78, 5) is 23.1. The molecule has 1 spiro atoms. The average Bonchev–Trinajstić information content (AvgIpc) is 2.14. The first-order chi connectivity index (χ1) is 6.23. The minimum Gasteiger partial charge on any atom is -0.300 e. The molecule has 0 unspecified atom stereocenters. The van der Waals surface area contributed by atoms with Crippen molar-refractivity contribution in [3.63, 3.8) is 0 Å². The van der Waals surface area contributed by atoms with Crippen LogP contribution in [0, 0.1) is 5.41 Å². The van der Waals surface area contributed by atoms with E-state index in [1.165, 1.54) is 6.42 Å². The maximum absolute atomic E-state index is 11.8. The van der Waals surface area contributed by atoms with E-state index in [-0.39, 0.29) is 5.41 Å². The Labute approximate surface area is 78.7 Å². The molecule has 0 saturated heterocycles.